The van der Waals surface area contributed by atoms with Gasteiger partial charge in [-0.05, 0) is 32.6 Å². The van der Waals surface area contributed by atoms with E-state index in [-0.39, 0.29) is 6.04 Å². The summed E-state index contributed by atoms with van der Waals surface area (Å²) in [5, 5.41) is 12.9. The molecule has 0 heterocycles. The van der Waals surface area contributed by atoms with Crippen molar-refractivity contribution >= 4 is 5.97 Å². The van der Waals surface area contributed by atoms with Crippen molar-refractivity contribution in [2.24, 2.45) is 5.41 Å². The lowest BCUT2D eigenvalue weighted by atomic mass is 9.71. The Morgan fingerprint density at radius 2 is 2.06 bits per heavy atom. The third kappa shape index (κ3) is 2.76. The minimum atomic E-state index is -0.643. The Balaban J connectivity index is 2.70. The van der Waals surface area contributed by atoms with Crippen LogP contribution in [0.15, 0.2) is 0 Å². The molecule has 94 valence electrons. The molecule has 1 rings (SSSR count). The number of hydrogen-bond acceptors (Lipinski definition) is 2. The van der Waals surface area contributed by atoms with Crippen LogP contribution in [0.4, 0.5) is 0 Å². The van der Waals surface area contributed by atoms with Gasteiger partial charge in [-0.1, -0.05) is 26.7 Å². The second kappa shape index (κ2) is 5.67. The maximum absolute atomic E-state index is 11.4. The summed E-state index contributed by atoms with van der Waals surface area (Å²) >= 11 is 0. The molecule has 2 N–H and O–H groups in total. The average Bonchev–Trinajstić information content (AvgIpc) is 2.28. The van der Waals surface area contributed by atoms with E-state index in [4.69, 9.17) is 0 Å². The summed E-state index contributed by atoms with van der Waals surface area (Å²) in [5.74, 6) is -0.643. The molecule has 2 unspecified atom stereocenters. The summed E-state index contributed by atoms with van der Waals surface area (Å²) < 4.78 is 0. The van der Waals surface area contributed by atoms with Crippen molar-refractivity contribution in [1.29, 1.82) is 0 Å². The second-order valence-corrected chi connectivity index (χ2v) is 5.20. The number of carboxylic acids is 1. The van der Waals surface area contributed by atoms with Gasteiger partial charge in [0.2, 0.25) is 0 Å². The molecule has 3 nitrogen and oxygen atoms in total. The van der Waals surface area contributed by atoms with Gasteiger partial charge in [-0.2, -0.15) is 0 Å². The van der Waals surface area contributed by atoms with E-state index in [9.17, 15) is 9.90 Å². The Kier molecular flexibility index (Phi) is 4.78. The van der Waals surface area contributed by atoms with Crippen LogP contribution < -0.4 is 5.32 Å². The van der Waals surface area contributed by atoms with Crippen molar-refractivity contribution in [3.8, 4) is 0 Å². The first-order valence-corrected chi connectivity index (χ1v) is 6.54. The number of aliphatic carboxylic acids is 1. The molecule has 0 saturated heterocycles. The standard InChI is InChI=1S/C13H25NO2/c1-4-10(5-2)14-11-8-6-7-9-13(11,3)12(15)16/h10-11,14H,4-9H2,1-3H3,(H,15,16). The molecule has 1 aliphatic carbocycles. The van der Waals surface area contributed by atoms with Crippen LogP contribution in [-0.2, 0) is 4.79 Å². The third-order valence-corrected chi connectivity index (χ3v) is 4.12. The molecule has 0 aliphatic heterocycles. The van der Waals surface area contributed by atoms with E-state index in [0.29, 0.717) is 6.04 Å². The topological polar surface area (TPSA) is 49.3 Å². The zero-order valence-electron chi connectivity index (χ0n) is 10.8. The van der Waals surface area contributed by atoms with E-state index in [1.807, 2.05) is 6.92 Å². The summed E-state index contributed by atoms with van der Waals surface area (Å²) in [5.41, 5.74) is -0.569. The van der Waals surface area contributed by atoms with E-state index < -0.39 is 11.4 Å². The van der Waals surface area contributed by atoms with Crippen LogP contribution in [-0.4, -0.2) is 23.2 Å². The number of rotatable bonds is 5. The molecule has 1 aliphatic rings. The minimum absolute atomic E-state index is 0.142. The summed E-state index contributed by atoms with van der Waals surface area (Å²) in [6, 6.07) is 0.602. The molecule has 0 bridgehead atoms. The SMILES string of the molecule is CCC(CC)NC1CCCCC1(C)C(=O)O. The number of carbonyl (C=O) groups is 1. The number of carboxylic acid groups (broad SMARTS) is 1. The maximum atomic E-state index is 11.4. The Hall–Kier alpha value is -0.570. The monoisotopic (exact) mass is 227 g/mol. The zero-order chi connectivity index (χ0) is 12.2. The quantitative estimate of drug-likeness (QED) is 0.759. The highest BCUT2D eigenvalue weighted by molar-refractivity contribution is 5.75. The summed E-state index contributed by atoms with van der Waals surface area (Å²) in [6.07, 6.45) is 6.15. The van der Waals surface area contributed by atoms with Gasteiger partial charge < -0.3 is 10.4 Å². The van der Waals surface area contributed by atoms with Crippen LogP contribution in [0, 0.1) is 5.41 Å². The first-order valence-electron chi connectivity index (χ1n) is 6.54. The number of nitrogens with one attached hydrogen (secondary N) is 1. The highest BCUT2D eigenvalue weighted by atomic mass is 16.4. The predicted octanol–water partition coefficient (Wildman–Crippen LogP) is 2.80. The van der Waals surface area contributed by atoms with Crippen LogP contribution in [0.2, 0.25) is 0 Å². The van der Waals surface area contributed by atoms with Crippen molar-refractivity contribution in [2.75, 3.05) is 0 Å². The molecular weight excluding hydrogens is 202 g/mol. The molecule has 2 atom stereocenters. The molecule has 0 amide bonds. The molecule has 0 radical (unpaired) electrons. The minimum Gasteiger partial charge on any atom is -0.481 e. The van der Waals surface area contributed by atoms with Crippen molar-refractivity contribution < 1.29 is 9.90 Å². The molecule has 16 heavy (non-hydrogen) atoms. The number of hydrogen-bond donors (Lipinski definition) is 2. The Bertz CT molecular complexity index is 238. The highest BCUT2D eigenvalue weighted by Crippen LogP contribution is 2.36. The third-order valence-electron chi connectivity index (χ3n) is 4.12. The van der Waals surface area contributed by atoms with Gasteiger partial charge in [0, 0.05) is 12.1 Å². The lowest BCUT2D eigenvalue weighted by molar-refractivity contribution is -0.151. The largest absolute Gasteiger partial charge is 0.481 e. The van der Waals surface area contributed by atoms with Crippen molar-refractivity contribution in [3.63, 3.8) is 0 Å². The Morgan fingerprint density at radius 1 is 1.44 bits per heavy atom. The summed E-state index contributed by atoms with van der Waals surface area (Å²) in [4.78, 5) is 11.4. The Labute approximate surface area is 98.6 Å². The van der Waals surface area contributed by atoms with Crippen LogP contribution in [0.1, 0.15) is 59.3 Å². The molecule has 0 aromatic carbocycles. The Morgan fingerprint density at radius 3 is 2.56 bits per heavy atom. The van der Waals surface area contributed by atoms with Crippen LogP contribution >= 0.6 is 0 Å². The first-order chi connectivity index (χ1) is 7.54. The molecule has 3 heteroatoms. The smallest absolute Gasteiger partial charge is 0.310 e. The lowest BCUT2D eigenvalue weighted by Gasteiger charge is -2.40. The molecule has 0 spiro atoms. The van der Waals surface area contributed by atoms with Gasteiger partial charge in [0.25, 0.3) is 0 Å². The van der Waals surface area contributed by atoms with Gasteiger partial charge >= 0.3 is 5.97 Å². The van der Waals surface area contributed by atoms with Gasteiger partial charge in [0.1, 0.15) is 0 Å². The lowest BCUT2D eigenvalue weighted by Crippen LogP contribution is -2.53. The summed E-state index contributed by atoms with van der Waals surface area (Å²) in [6.45, 7) is 6.21. The van der Waals surface area contributed by atoms with Gasteiger partial charge in [-0.15, -0.1) is 0 Å². The van der Waals surface area contributed by atoms with Gasteiger partial charge in [0.15, 0.2) is 0 Å². The van der Waals surface area contributed by atoms with Crippen LogP contribution in [0.25, 0.3) is 0 Å². The van der Waals surface area contributed by atoms with Crippen molar-refractivity contribution in [2.45, 2.75) is 71.4 Å². The summed E-state index contributed by atoms with van der Waals surface area (Å²) in [7, 11) is 0. The second-order valence-electron chi connectivity index (χ2n) is 5.20. The van der Waals surface area contributed by atoms with E-state index >= 15 is 0 Å². The molecular formula is C13H25NO2. The average molecular weight is 227 g/mol. The molecule has 0 aromatic heterocycles. The van der Waals surface area contributed by atoms with E-state index in [1.165, 1.54) is 0 Å². The van der Waals surface area contributed by atoms with Crippen LogP contribution in [0.5, 0.6) is 0 Å². The molecule has 1 fully saturated rings. The molecule has 1 saturated carbocycles. The normalized spacial score (nSPS) is 30.6. The first kappa shape index (κ1) is 13.5. The van der Waals surface area contributed by atoms with Gasteiger partial charge in [-0.3, -0.25) is 4.79 Å². The maximum Gasteiger partial charge on any atom is 0.310 e. The fourth-order valence-electron chi connectivity index (χ4n) is 2.67. The predicted molar refractivity (Wildman–Crippen MR) is 65.5 cm³/mol. The van der Waals surface area contributed by atoms with Gasteiger partial charge in [-0.25, -0.2) is 0 Å². The van der Waals surface area contributed by atoms with E-state index in [1.54, 1.807) is 0 Å². The fraction of sp³-hybridized carbons (Fsp3) is 0.923. The zero-order valence-corrected chi connectivity index (χ0v) is 10.8. The van der Waals surface area contributed by atoms with E-state index in [0.717, 1.165) is 38.5 Å². The highest BCUT2D eigenvalue weighted by Gasteiger charge is 2.43. The molecule has 0 aromatic rings. The van der Waals surface area contributed by atoms with Crippen molar-refractivity contribution in [1.82, 2.24) is 5.32 Å². The van der Waals surface area contributed by atoms with E-state index in [2.05, 4.69) is 19.2 Å². The van der Waals surface area contributed by atoms with Crippen LogP contribution in [0.3, 0.4) is 0 Å². The van der Waals surface area contributed by atoms with Crippen molar-refractivity contribution in [3.05, 3.63) is 0 Å². The fourth-order valence-corrected chi connectivity index (χ4v) is 2.67. The van der Waals surface area contributed by atoms with Gasteiger partial charge in [0.05, 0.1) is 5.41 Å².